The first-order valence-corrected chi connectivity index (χ1v) is 16.5. The predicted molar refractivity (Wildman–Crippen MR) is 202 cm³/mol. The number of benzene rings is 8. The van der Waals surface area contributed by atoms with Gasteiger partial charge in [0.25, 0.3) is 0 Å². The van der Waals surface area contributed by atoms with Gasteiger partial charge in [0.2, 0.25) is 0 Å². The second-order valence-electron chi connectivity index (χ2n) is 15.0. The first-order valence-electron chi connectivity index (χ1n) is 16.5. The summed E-state index contributed by atoms with van der Waals surface area (Å²) in [6.45, 7) is 13.9. The lowest BCUT2D eigenvalue weighted by molar-refractivity contribution is 0.590. The average Bonchev–Trinajstić information content (AvgIpc) is 3.05. The minimum Gasteiger partial charge on any atom is -0.0616 e. The van der Waals surface area contributed by atoms with E-state index in [4.69, 9.17) is 0 Å². The van der Waals surface area contributed by atoms with Crippen molar-refractivity contribution in [3.8, 4) is 22.3 Å². The predicted octanol–water partition coefficient (Wildman–Crippen LogP) is 13.4. The van der Waals surface area contributed by atoms with Gasteiger partial charge in [0, 0.05) is 0 Å². The van der Waals surface area contributed by atoms with E-state index in [1.807, 2.05) is 0 Å². The highest BCUT2D eigenvalue weighted by molar-refractivity contribution is 6.25. The van der Waals surface area contributed by atoms with E-state index in [0.29, 0.717) is 0 Å². The molecule has 0 saturated carbocycles. The Morgan fingerprint density at radius 2 is 0.870 bits per heavy atom. The molecule has 0 nitrogen and oxygen atoms in total. The molecular weight excluding hydrogens is 553 g/mol. The smallest absolute Gasteiger partial charge is 0.00200 e. The Balaban J connectivity index is 1.58. The molecule has 0 atom stereocenters. The van der Waals surface area contributed by atoms with E-state index >= 15 is 0 Å². The van der Waals surface area contributed by atoms with Gasteiger partial charge < -0.3 is 0 Å². The van der Waals surface area contributed by atoms with Crippen LogP contribution in [0.1, 0.15) is 52.7 Å². The molecule has 0 aliphatic heterocycles. The molecule has 0 spiro atoms. The lowest BCUT2D eigenvalue weighted by Crippen LogP contribution is -2.11. The summed E-state index contributed by atoms with van der Waals surface area (Å²) in [7, 11) is 0. The Bertz CT molecular complexity index is 2480. The third kappa shape index (κ3) is 4.59. The second-order valence-corrected chi connectivity index (χ2v) is 15.0. The van der Waals surface area contributed by atoms with Crippen LogP contribution in [0.5, 0.6) is 0 Å². The minimum absolute atomic E-state index is 0.0224. The Morgan fingerprint density at radius 3 is 1.57 bits per heavy atom. The maximum atomic E-state index is 2.48. The summed E-state index contributed by atoms with van der Waals surface area (Å²) in [5.41, 5.74) is 7.94. The van der Waals surface area contributed by atoms with Crippen molar-refractivity contribution in [3.05, 3.63) is 145 Å². The molecule has 0 radical (unpaired) electrons. The maximum absolute atomic E-state index is 2.48. The fourth-order valence-corrected chi connectivity index (χ4v) is 7.37. The van der Waals surface area contributed by atoms with Gasteiger partial charge in [-0.25, -0.2) is 0 Å². The molecule has 0 unspecified atom stereocenters. The van der Waals surface area contributed by atoms with E-state index in [9.17, 15) is 0 Å². The van der Waals surface area contributed by atoms with Crippen molar-refractivity contribution in [2.75, 3.05) is 0 Å². The summed E-state index contributed by atoms with van der Waals surface area (Å²) < 4.78 is 0. The van der Waals surface area contributed by atoms with Crippen LogP contribution in [-0.2, 0) is 10.8 Å². The molecule has 0 fully saturated rings. The Morgan fingerprint density at radius 1 is 0.326 bits per heavy atom. The quantitative estimate of drug-likeness (QED) is 0.138. The van der Waals surface area contributed by atoms with Crippen LogP contribution in [0.4, 0.5) is 0 Å². The molecule has 46 heavy (non-hydrogen) atoms. The fourth-order valence-electron chi connectivity index (χ4n) is 7.37. The van der Waals surface area contributed by atoms with Crippen molar-refractivity contribution in [1.29, 1.82) is 0 Å². The van der Waals surface area contributed by atoms with Crippen LogP contribution in [0, 0.1) is 0 Å². The molecule has 0 heteroatoms. The van der Waals surface area contributed by atoms with Crippen LogP contribution in [0.15, 0.2) is 133 Å². The van der Waals surface area contributed by atoms with Crippen molar-refractivity contribution >= 4 is 53.9 Å². The summed E-state index contributed by atoms with van der Waals surface area (Å²) in [4.78, 5) is 0. The molecule has 8 aromatic carbocycles. The highest BCUT2D eigenvalue weighted by Crippen LogP contribution is 2.48. The first-order chi connectivity index (χ1) is 22.1. The monoisotopic (exact) mass is 592 g/mol. The van der Waals surface area contributed by atoms with Crippen molar-refractivity contribution < 1.29 is 0 Å². The highest BCUT2D eigenvalue weighted by atomic mass is 14.3. The Kier molecular flexibility index (Phi) is 6.38. The van der Waals surface area contributed by atoms with Crippen molar-refractivity contribution in [1.82, 2.24) is 0 Å². The summed E-state index contributed by atoms with van der Waals surface area (Å²) in [5, 5.41) is 12.9. The van der Waals surface area contributed by atoms with E-state index in [0.717, 1.165) is 0 Å². The number of hydrogen-bond donors (Lipinski definition) is 0. The van der Waals surface area contributed by atoms with E-state index in [1.165, 1.54) is 87.2 Å². The van der Waals surface area contributed by atoms with E-state index in [2.05, 4.69) is 175 Å². The molecule has 8 aromatic rings. The van der Waals surface area contributed by atoms with Crippen molar-refractivity contribution in [2.45, 2.75) is 52.4 Å². The number of hydrogen-bond acceptors (Lipinski definition) is 0. The molecule has 0 bridgehead atoms. The second kappa shape index (κ2) is 10.3. The van der Waals surface area contributed by atoms with Crippen LogP contribution in [0.2, 0.25) is 0 Å². The lowest BCUT2D eigenvalue weighted by Gasteiger charge is -2.25. The molecule has 0 aliphatic rings. The minimum atomic E-state index is 0.0224. The van der Waals surface area contributed by atoms with Gasteiger partial charge >= 0.3 is 0 Å². The molecule has 0 aliphatic carbocycles. The van der Waals surface area contributed by atoms with E-state index < -0.39 is 0 Å². The zero-order valence-electron chi connectivity index (χ0n) is 27.7. The van der Waals surface area contributed by atoms with Gasteiger partial charge in [-0.1, -0.05) is 157 Å². The molecule has 224 valence electrons. The summed E-state index contributed by atoms with van der Waals surface area (Å²) >= 11 is 0. The lowest BCUT2D eigenvalue weighted by atomic mass is 9.78. The zero-order valence-corrected chi connectivity index (χ0v) is 27.7. The zero-order chi connectivity index (χ0) is 31.8. The molecular formula is C46H40. The van der Waals surface area contributed by atoms with Gasteiger partial charge in [-0.3, -0.25) is 0 Å². The molecule has 0 N–H and O–H groups in total. The molecule has 0 heterocycles. The summed E-state index contributed by atoms with van der Waals surface area (Å²) in [5.74, 6) is 0. The summed E-state index contributed by atoms with van der Waals surface area (Å²) in [6, 6.07) is 50.4. The third-order valence-corrected chi connectivity index (χ3v) is 9.94. The van der Waals surface area contributed by atoms with Gasteiger partial charge in [0.05, 0.1) is 0 Å². The topological polar surface area (TPSA) is 0 Å². The van der Waals surface area contributed by atoms with E-state index in [1.54, 1.807) is 0 Å². The molecule has 0 saturated heterocycles. The third-order valence-electron chi connectivity index (χ3n) is 9.94. The van der Waals surface area contributed by atoms with Crippen LogP contribution in [0.3, 0.4) is 0 Å². The number of rotatable bonds is 2. The van der Waals surface area contributed by atoms with Gasteiger partial charge in [-0.05, 0) is 116 Å². The van der Waals surface area contributed by atoms with Gasteiger partial charge in [0.15, 0.2) is 0 Å². The summed E-state index contributed by atoms with van der Waals surface area (Å²) in [6.07, 6.45) is 0. The highest BCUT2D eigenvalue weighted by Gasteiger charge is 2.23. The van der Waals surface area contributed by atoms with Crippen LogP contribution < -0.4 is 0 Å². The molecule has 0 amide bonds. The first kappa shape index (κ1) is 28.5. The van der Waals surface area contributed by atoms with Crippen LogP contribution in [-0.4, -0.2) is 0 Å². The molecule has 8 rings (SSSR count). The van der Waals surface area contributed by atoms with Crippen molar-refractivity contribution in [2.24, 2.45) is 0 Å². The van der Waals surface area contributed by atoms with Gasteiger partial charge in [-0.2, -0.15) is 0 Å². The SMILES string of the molecule is CC(C)(C)c1ccc2c(-c3cccc4c3ccc3ccccc34)c3cc(C(C)(C)C)ccc3c(-c3ccc4ccccc4c3)c2c1. The average molecular weight is 593 g/mol. The van der Waals surface area contributed by atoms with E-state index in [-0.39, 0.29) is 10.8 Å². The Labute approximate surface area is 272 Å². The Hall–Kier alpha value is -4.94. The maximum Gasteiger partial charge on any atom is -0.00200 e. The fraction of sp³-hybridized carbons (Fsp3) is 0.174. The standard InChI is InChI=1S/C46H40/c1-45(2,3)33-22-25-40-41(27-33)43(32-19-18-29-12-7-8-14-31(29)26-32)39-24-21-34(46(4,5)6)28-42(39)44(40)38-17-11-16-36-35-15-10-9-13-30(35)20-23-37(36)38/h7-28H,1-6H3. The number of fused-ring (bicyclic) bond motifs is 6. The largest absolute Gasteiger partial charge is 0.0616 e. The molecule has 0 aromatic heterocycles. The van der Waals surface area contributed by atoms with Crippen molar-refractivity contribution in [3.63, 3.8) is 0 Å². The normalized spacial score (nSPS) is 12.6. The van der Waals surface area contributed by atoms with Gasteiger partial charge in [0.1, 0.15) is 0 Å². The van der Waals surface area contributed by atoms with Gasteiger partial charge in [-0.15, -0.1) is 0 Å². The van der Waals surface area contributed by atoms with Crippen LogP contribution in [0.25, 0.3) is 76.1 Å². The van der Waals surface area contributed by atoms with Crippen LogP contribution >= 0.6 is 0 Å².